The Hall–Kier alpha value is -4.92. The SMILES string of the molecule is Cc1ccc(S(=O)(=O)N(Cc2ccc(Cl)cc2)c2ccccc2C(=O)NN=Cc2ccccc2OCc2ccccc2)cc1. The number of amides is 1. The van der Waals surface area contributed by atoms with Gasteiger partial charge in [-0.3, -0.25) is 9.10 Å². The van der Waals surface area contributed by atoms with Crippen LogP contribution >= 0.6 is 11.6 Å². The Balaban J connectivity index is 1.41. The lowest BCUT2D eigenvalue weighted by molar-refractivity contribution is 0.0955. The number of halogens is 1. The molecular weight excluding hydrogens is 594 g/mol. The predicted molar refractivity (Wildman–Crippen MR) is 175 cm³/mol. The minimum atomic E-state index is -4.07. The van der Waals surface area contributed by atoms with E-state index in [1.807, 2.05) is 61.5 Å². The third-order valence-electron chi connectivity index (χ3n) is 6.79. The number of sulfonamides is 1. The minimum Gasteiger partial charge on any atom is -0.488 e. The fraction of sp³-hybridized carbons (Fsp3) is 0.0857. The molecule has 0 bridgehead atoms. The van der Waals surface area contributed by atoms with Gasteiger partial charge >= 0.3 is 0 Å². The number of nitrogens with zero attached hydrogens (tertiary/aromatic N) is 2. The number of carbonyl (C=O) groups excluding carboxylic acids is 1. The van der Waals surface area contributed by atoms with Crippen molar-refractivity contribution in [1.29, 1.82) is 0 Å². The standard InChI is InChI=1S/C35H30ClN3O4S/c1-26-15-21-31(22-16-26)44(41,42)39(24-27-17-19-30(36)20-18-27)33-13-7-6-12-32(33)35(40)38-37-23-29-11-5-8-14-34(29)43-25-28-9-3-2-4-10-28/h2-23H,24-25H2,1H3,(H,38,40). The van der Waals surface area contributed by atoms with Crippen LogP contribution in [0.4, 0.5) is 5.69 Å². The van der Waals surface area contributed by atoms with Gasteiger partial charge in [0.15, 0.2) is 0 Å². The van der Waals surface area contributed by atoms with Crippen molar-refractivity contribution in [3.05, 3.63) is 160 Å². The summed E-state index contributed by atoms with van der Waals surface area (Å²) in [6, 6.07) is 37.2. The van der Waals surface area contributed by atoms with E-state index in [9.17, 15) is 13.2 Å². The first-order valence-corrected chi connectivity index (χ1v) is 15.6. The summed E-state index contributed by atoms with van der Waals surface area (Å²) in [6.07, 6.45) is 1.50. The Kier molecular flexibility index (Phi) is 9.74. The molecule has 0 fully saturated rings. The smallest absolute Gasteiger partial charge is 0.273 e. The number of hydrogen-bond donors (Lipinski definition) is 1. The zero-order chi connectivity index (χ0) is 30.9. The maximum Gasteiger partial charge on any atom is 0.273 e. The average Bonchev–Trinajstić information content (AvgIpc) is 3.04. The molecule has 0 aliphatic carbocycles. The number of nitrogens with one attached hydrogen (secondary N) is 1. The summed E-state index contributed by atoms with van der Waals surface area (Å²) >= 11 is 6.07. The average molecular weight is 624 g/mol. The highest BCUT2D eigenvalue weighted by Crippen LogP contribution is 2.30. The fourth-order valence-corrected chi connectivity index (χ4v) is 6.05. The van der Waals surface area contributed by atoms with Crippen LogP contribution in [0.3, 0.4) is 0 Å². The second-order valence-corrected chi connectivity index (χ2v) is 12.3. The quantitative estimate of drug-likeness (QED) is 0.123. The van der Waals surface area contributed by atoms with E-state index in [1.165, 1.54) is 10.5 Å². The van der Waals surface area contributed by atoms with Gasteiger partial charge < -0.3 is 4.74 Å². The summed E-state index contributed by atoms with van der Waals surface area (Å²) in [6.45, 7) is 2.24. The molecule has 222 valence electrons. The lowest BCUT2D eigenvalue weighted by Crippen LogP contribution is -2.33. The number of rotatable bonds is 11. The van der Waals surface area contributed by atoms with E-state index >= 15 is 0 Å². The lowest BCUT2D eigenvalue weighted by Gasteiger charge is -2.26. The normalized spacial score (nSPS) is 11.3. The lowest BCUT2D eigenvalue weighted by atomic mass is 10.1. The monoisotopic (exact) mass is 623 g/mol. The van der Waals surface area contributed by atoms with Gasteiger partial charge in [-0.25, -0.2) is 13.8 Å². The highest BCUT2D eigenvalue weighted by molar-refractivity contribution is 7.92. The van der Waals surface area contributed by atoms with Crippen LogP contribution < -0.4 is 14.5 Å². The van der Waals surface area contributed by atoms with E-state index < -0.39 is 15.9 Å². The molecule has 5 aromatic carbocycles. The van der Waals surface area contributed by atoms with Crippen molar-refractivity contribution in [1.82, 2.24) is 5.43 Å². The zero-order valence-corrected chi connectivity index (χ0v) is 25.5. The largest absolute Gasteiger partial charge is 0.488 e. The van der Waals surface area contributed by atoms with E-state index in [1.54, 1.807) is 72.8 Å². The molecule has 5 rings (SSSR count). The van der Waals surface area contributed by atoms with Gasteiger partial charge in [0.05, 0.1) is 28.9 Å². The molecule has 0 spiro atoms. The molecule has 1 N–H and O–H groups in total. The summed E-state index contributed by atoms with van der Waals surface area (Å²) in [5.74, 6) is 0.0350. The summed E-state index contributed by atoms with van der Waals surface area (Å²) in [5, 5.41) is 4.70. The van der Waals surface area contributed by atoms with Gasteiger partial charge in [0, 0.05) is 10.6 Å². The molecular formula is C35H30ClN3O4S. The topological polar surface area (TPSA) is 88.1 Å². The van der Waals surface area contributed by atoms with Crippen LogP contribution in [0.15, 0.2) is 137 Å². The molecule has 0 radical (unpaired) electrons. The van der Waals surface area contributed by atoms with Crippen LogP contribution in [0.2, 0.25) is 5.02 Å². The molecule has 0 saturated heterocycles. The van der Waals surface area contributed by atoms with Crippen LogP contribution in [-0.4, -0.2) is 20.5 Å². The second-order valence-electron chi connectivity index (χ2n) is 9.98. The Bertz CT molecular complexity index is 1860. The number of ether oxygens (including phenoxy) is 1. The van der Waals surface area contributed by atoms with E-state index in [4.69, 9.17) is 16.3 Å². The van der Waals surface area contributed by atoms with Crippen molar-refractivity contribution >= 4 is 39.4 Å². The van der Waals surface area contributed by atoms with Crippen molar-refractivity contribution in [3.8, 4) is 5.75 Å². The first-order chi connectivity index (χ1) is 21.3. The third-order valence-corrected chi connectivity index (χ3v) is 8.82. The van der Waals surface area contributed by atoms with Gasteiger partial charge in [0.25, 0.3) is 15.9 Å². The van der Waals surface area contributed by atoms with E-state index in [-0.39, 0.29) is 22.7 Å². The van der Waals surface area contributed by atoms with Crippen LogP contribution in [0, 0.1) is 6.92 Å². The highest BCUT2D eigenvalue weighted by Gasteiger charge is 2.28. The molecule has 7 nitrogen and oxygen atoms in total. The highest BCUT2D eigenvalue weighted by atomic mass is 35.5. The van der Waals surface area contributed by atoms with Gasteiger partial charge in [0.1, 0.15) is 12.4 Å². The van der Waals surface area contributed by atoms with Crippen molar-refractivity contribution < 1.29 is 17.9 Å². The first kappa shape index (κ1) is 30.5. The number of carbonyl (C=O) groups is 1. The summed E-state index contributed by atoms with van der Waals surface area (Å²) < 4.78 is 35.2. The van der Waals surface area contributed by atoms with Gasteiger partial charge in [-0.15, -0.1) is 0 Å². The summed E-state index contributed by atoms with van der Waals surface area (Å²) in [4.78, 5) is 13.6. The van der Waals surface area contributed by atoms with Crippen molar-refractivity contribution in [2.24, 2.45) is 5.10 Å². The number of benzene rings is 5. The Morgan fingerprint density at radius 3 is 2.23 bits per heavy atom. The van der Waals surface area contributed by atoms with Crippen molar-refractivity contribution in [2.45, 2.75) is 25.0 Å². The molecule has 1 amide bonds. The Labute approximate surface area is 262 Å². The number of aryl methyl sites for hydroxylation is 1. The van der Waals surface area contributed by atoms with Crippen molar-refractivity contribution in [2.75, 3.05) is 4.31 Å². The van der Waals surface area contributed by atoms with Crippen LogP contribution in [0.1, 0.15) is 32.6 Å². The van der Waals surface area contributed by atoms with Crippen molar-refractivity contribution in [3.63, 3.8) is 0 Å². The molecule has 0 saturated carbocycles. The second kappa shape index (κ2) is 14.0. The predicted octanol–water partition coefficient (Wildman–Crippen LogP) is 7.39. The summed E-state index contributed by atoms with van der Waals surface area (Å²) in [7, 11) is -4.07. The molecule has 5 aromatic rings. The number of para-hydroxylation sites is 2. The number of hydrogen-bond acceptors (Lipinski definition) is 5. The van der Waals surface area contributed by atoms with Crippen LogP contribution in [0.5, 0.6) is 5.75 Å². The molecule has 0 atom stereocenters. The van der Waals surface area contributed by atoms with Crippen LogP contribution in [-0.2, 0) is 23.2 Å². The zero-order valence-electron chi connectivity index (χ0n) is 23.9. The minimum absolute atomic E-state index is 0.0208. The van der Waals surface area contributed by atoms with E-state index in [0.29, 0.717) is 28.5 Å². The third kappa shape index (κ3) is 7.53. The van der Waals surface area contributed by atoms with Gasteiger partial charge in [-0.2, -0.15) is 5.10 Å². The molecule has 0 unspecified atom stereocenters. The Morgan fingerprint density at radius 1 is 0.818 bits per heavy atom. The Morgan fingerprint density at radius 2 is 1.48 bits per heavy atom. The number of anilines is 1. The molecule has 0 heterocycles. The summed E-state index contributed by atoms with van der Waals surface area (Å²) in [5.41, 5.74) is 6.22. The maximum absolute atomic E-state index is 14.0. The number of hydrazone groups is 1. The first-order valence-electron chi connectivity index (χ1n) is 13.8. The van der Waals surface area contributed by atoms with E-state index in [0.717, 1.165) is 11.1 Å². The molecule has 0 aliphatic heterocycles. The van der Waals surface area contributed by atoms with Crippen LogP contribution in [0.25, 0.3) is 0 Å². The van der Waals surface area contributed by atoms with E-state index in [2.05, 4.69) is 10.5 Å². The van der Waals surface area contributed by atoms with Gasteiger partial charge in [0.2, 0.25) is 0 Å². The molecule has 9 heteroatoms. The van der Waals surface area contributed by atoms with Gasteiger partial charge in [-0.1, -0.05) is 96.0 Å². The molecule has 0 aromatic heterocycles. The fourth-order valence-electron chi connectivity index (χ4n) is 4.45. The van der Waals surface area contributed by atoms with Gasteiger partial charge in [-0.05, 0) is 66.6 Å². The maximum atomic E-state index is 14.0. The molecule has 0 aliphatic rings. The molecule has 44 heavy (non-hydrogen) atoms.